The van der Waals surface area contributed by atoms with E-state index in [0.717, 1.165) is 34.3 Å². The molecule has 0 spiro atoms. The van der Waals surface area contributed by atoms with Crippen LogP contribution in [0.15, 0.2) is 27.9 Å². The molecule has 0 saturated heterocycles. The molecule has 2 N–H and O–H groups in total. The van der Waals surface area contributed by atoms with Gasteiger partial charge in [0.1, 0.15) is 0 Å². The number of nitrogens with two attached hydrogens (primary N) is 1. The van der Waals surface area contributed by atoms with Crippen molar-refractivity contribution in [2.45, 2.75) is 31.2 Å². The minimum atomic E-state index is 0.115. The summed E-state index contributed by atoms with van der Waals surface area (Å²) in [7, 11) is 0. The number of aryl methyl sites for hydroxylation is 2. The van der Waals surface area contributed by atoms with Crippen LogP contribution in [0.4, 0.5) is 5.13 Å². The van der Waals surface area contributed by atoms with Gasteiger partial charge in [-0.05, 0) is 37.8 Å². The van der Waals surface area contributed by atoms with E-state index in [1.54, 1.807) is 11.3 Å². The van der Waals surface area contributed by atoms with Crippen LogP contribution in [0.2, 0.25) is 0 Å². The molecule has 0 radical (unpaired) electrons. The van der Waals surface area contributed by atoms with E-state index in [0.29, 0.717) is 10.9 Å². The van der Waals surface area contributed by atoms with Crippen LogP contribution in [0.25, 0.3) is 0 Å². The highest BCUT2D eigenvalue weighted by atomic mass is 32.2. The summed E-state index contributed by atoms with van der Waals surface area (Å²) in [6.45, 7) is 4.96. The predicted octanol–water partition coefficient (Wildman–Crippen LogP) is 3.82. The molecule has 0 aliphatic rings. The Balaban J connectivity index is 1.66. The molecule has 126 valence electrons. The normalized spacial score (nSPS) is 11.1. The molecule has 0 atom stereocenters. The van der Waals surface area contributed by atoms with Crippen LogP contribution < -0.4 is 5.73 Å². The monoisotopic (exact) mass is 378 g/mol. The van der Waals surface area contributed by atoms with Gasteiger partial charge in [0.15, 0.2) is 10.1 Å². The summed E-state index contributed by atoms with van der Waals surface area (Å²) < 4.78 is 2.95. The van der Waals surface area contributed by atoms with E-state index >= 15 is 0 Å². The summed E-state index contributed by atoms with van der Waals surface area (Å²) in [6.07, 6.45) is 0.987. The number of anilines is 1. The van der Waals surface area contributed by atoms with Crippen LogP contribution in [0, 0.1) is 13.8 Å². The molecule has 3 aromatic heterocycles. The average Bonchev–Trinajstić information content (AvgIpc) is 3.26. The van der Waals surface area contributed by atoms with Crippen molar-refractivity contribution in [2.75, 3.05) is 11.5 Å². The van der Waals surface area contributed by atoms with Gasteiger partial charge >= 0.3 is 0 Å². The Morgan fingerprint density at radius 2 is 2.21 bits per heavy atom. The summed E-state index contributed by atoms with van der Waals surface area (Å²) >= 11 is 4.46. The zero-order chi connectivity index (χ0) is 17.1. The Morgan fingerprint density at radius 3 is 2.88 bits per heavy atom. The van der Waals surface area contributed by atoms with Crippen molar-refractivity contribution in [3.05, 3.63) is 45.4 Å². The van der Waals surface area contributed by atoms with E-state index in [9.17, 15) is 4.79 Å². The molecule has 0 bridgehead atoms. The summed E-state index contributed by atoms with van der Waals surface area (Å²) in [5.74, 6) is 0.466. The van der Waals surface area contributed by atoms with Gasteiger partial charge in [-0.15, -0.1) is 21.5 Å². The Bertz CT molecular complexity index is 836. The van der Waals surface area contributed by atoms with Gasteiger partial charge in [0.2, 0.25) is 5.13 Å². The van der Waals surface area contributed by atoms with Crippen molar-refractivity contribution in [1.29, 1.82) is 0 Å². The molecule has 0 saturated carbocycles. The number of thioether (sulfide) groups is 1. The zero-order valence-electron chi connectivity index (χ0n) is 13.5. The quantitative estimate of drug-likeness (QED) is 0.500. The van der Waals surface area contributed by atoms with E-state index in [4.69, 9.17) is 5.73 Å². The Hall–Kier alpha value is -1.64. The fraction of sp³-hybridized carbons (Fsp3) is 0.312. The van der Waals surface area contributed by atoms with Gasteiger partial charge in [0.25, 0.3) is 0 Å². The van der Waals surface area contributed by atoms with Gasteiger partial charge < -0.3 is 10.3 Å². The highest BCUT2D eigenvalue weighted by Gasteiger charge is 2.16. The third-order valence-electron chi connectivity index (χ3n) is 3.78. The Labute approximate surface area is 152 Å². The largest absolute Gasteiger partial charge is 0.374 e. The number of carbonyl (C=O) groups excluding carboxylic acids is 1. The molecule has 0 aliphatic heterocycles. The number of ketones is 1. The molecule has 0 fully saturated rings. The maximum Gasteiger partial charge on any atom is 0.203 e. The summed E-state index contributed by atoms with van der Waals surface area (Å²) in [5, 5.41) is 10.2. The van der Waals surface area contributed by atoms with Crippen LogP contribution in [-0.2, 0) is 13.0 Å². The minimum Gasteiger partial charge on any atom is -0.374 e. The molecule has 0 aliphatic carbocycles. The minimum absolute atomic E-state index is 0.115. The van der Waals surface area contributed by atoms with Crippen LogP contribution in [0.3, 0.4) is 0 Å². The number of rotatable bonds is 7. The first kappa shape index (κ1) is 17.2. The summed E-state index contributed by atoms with van der Waals surface area (Å²) in [4.78, 5) is 13.9. The SMILES string of the molecule is Cc1cc(C(=O)CSc2nnc(N)s2)c(C)n1CCc1cccs1. The smallest absolute Gasteiger partial charge is 0.203 e. The lowest BCUT2D eigenvalue weighted by Gasteiger charge is -2.09. The standard InChI is InChI=1S/C16H18N4OS3/c1-10-8-13(14(21)9-23-16-19-18-15(17)24-16)11(2)20(10)6-5-12-4-3-7-22-12/h3-4,7-8H,5-6,9H2,1-2H3,(H2,17,18). The van der Waals surface area contributed by atoms with E-state index in [1.165, 1.54) is 28.0 Å². The Morgan fingerprint density at radius 1 is 1.38 bits per heavy atom. The molecule has 8 heteroatoms. The van der Waals surface area contributed by atoms with Gasteiger partial charge in [0, 0.05) is 28.4 Å². The molecular formula is C16H18N4OS3. The lowest BCUT2D eigenvalue weighted by Crippen LogP contribution is -2.08. The third kappa shape index (κ3) is 3.88. The van der Waals surface area contributed by atoms with E-state index in [1.807, 2.05) is 13.0 Å². The molecule has 5 nitrogen and oxygen atoms in total. The van der Waals surface area contributed by atoms with E-state index in [2.05, 4.69) is 39.2 Å². The van der Waals surface area contributed by atoms with Gasteiger partial charge in [-0.25, -0.2) is 0 Å². The number of Topliss-reactive ketones (excluding diaryl/α,β-unsaturated/α-hetero) is 1. The maximum atomic E-state index is 12.5. The molecule has 0 unspecified atom stereocenters. The molecule has 24 heavy (non-hydrogen) atoms. The number of hydrogen-bond acceptors (Lipinski definition) is 7. The number of hydrogen-bond donors (Lipinski definition) is 1. The lowest BCUT2D eigenvalue weighted by molar-refractivity contribution is 0.102. The van der Waals surface area contributed by atoms with Gasteiger partial charge in [0.05, 0.1) is 5.75 Å². The van der Waals surface area contributed by atoms with Gasteiger partial charge in [-0.2, -0.15) is 0 Å². The molecule has 3 rings (SSSR count). The van der Waals surface area contributed by atoms with Crippen molar-refractivity contribution in [3.63, 3.8) is 0 Å². The van der Waals surface area contributed by atoms with Crippen LogP contribution >= 0.6 is 34.4 Å². The second kappa shape index (κ2) is 7.50. The van der Waals surface area contributed by atoms with Gasteiger partial charge in [-0.1, -0.05) is 29.2 Å². The molecule has 3 heterocycles. The molecule has 3 aromatic rings. The second-order valence-corrected chi connectivity index (χ2v) is 8.65. The topological polar surface area (TPSA) is 73.8 Å². The van der Waals surface area contributed by atoms with Crippen molar-refractivity contribution >= 4 is 45.4 Å². The average molecular weight is 379 g/mol. The second-order valence-electron chi connectivity index (χ2n) is 5.38. The predicted molar refractivity (Wildman–Crippen MR) is 101 cm³/mol. The molecule has 0 aromatic carbocycles. The van der Waals surface area contributed by atoms with Crippen LogP contribution in [0.1, 0.15) is 26.6 Å². The fourth-order valence-electron chi connectivity index (χ4n) is 2.59. The molecular weight excluding hydrogens is 360 g/mol. The van der Waals surface area contributed by atoms with Crippen molar-refractivity contribution in [1.82, 2.24) is 14.8 Å². The molecule has 0 amide bonds. The number of aromatic nitrogens is 3. The van der Waals surface area contributed by atoms with E-state index in [-0.39, 0.29) is 5.78 Å². The number of thiophene rings is 1. The fourth-order valence-corrected chi connectivity index (χ4v) is 4.81. The van der Waals surface area contributed by atoms with Crippen molar-refractivity contribution < 1.29 is 4.79 Å². The zero-order valence-corrected chi connectivity index (χ0v) is 15.9. The van der Waals surface area contributed by atoms with Crippen molar-refractivity contribution in [3.8, 4) is 0 Å². The number of nitrogen functional groups attached to an aromatic ring is 1. The first-order chi connectivity index (χ1) is 11.5. The maximum absolute atomic E-state index is 12.5. The first-order valence-corrected chi connectivity index (χ1v) is 10.2. The van der Waals surface area contributed by atoms with Crippen molar-refractivity contribution in [2.24, 2.45) is 0 Å². The highest BCUT2D eigenvalue weighted by Crippen LogP contribution is 2.25. The summed E-state index contributed by atoms with van der Waals surface area (Å²) in [5.41, 5.74) is 8.51. The van der Waals surface area contributed by atoms with Crippen LogP contribution in [-0.4, -0.2) is 26.3 Å². The number of carbonyl (C=O) groups is 1. The lowest BCUT2D eigenvalue weighted by atomic mass is 10.2. The number of nitrogens with zero attached hydrogens (tertiary/aromatic N) is 3. The van der Waals surface area contributed by atoms with Gasteiger partial charge in [-0.3, -0.25) is 4.79 Å². The Kier molecular flexibility index (Phi) is 5.37. The third-order valence-corrected chi connectivity index (χ3v) is 6.61. The summed E-state index contributed by atoms with van der Waals surface area (Å²) in [6, 6.07) is 6.21. The van der Waals surface area contributed by atoms with E-state index < -0.39 is 0 Å². The first-order valence-electron chi connectivity index (χ1n) is 7.48. The van der Waals surface area contributed by atoms with Crippen LogP contribution in [0.5, 0.6) is 0 Å². The highest BCUT2D eigenvalue weighted by molar-refractivity contribution is 8.01.